The number of benzene rings is 2. The van der Waals surface area contributed by atoms with Crippen LogP contribution in [-0.2, 0) is 0 Å². The van der Waals surface area contributed by atoms with Crippen molar-refractivity contribution in [1.82, 2.24) is 4.98 Å². The Morgan fingerprint density at radius 1 is 0.810 bits per heavy atom. The third-order valence-electron chi connectivity index (χ3n) is 3.15. The molecule has 2 aromatic carbocycles. The van der Waals surface area contributed by atoms with Crippen molar-refractivity contribution in [2.24, 2.45) is 0 Å². The van der Waals surface area contributed by atoms with Gasteiger partial charge in [0.15, 0.2) is 0 Å². The largest absolute Gasteiger partial charge is 0.457 e. The van der Waals surface area contributed by atoms with Crippen LogP contribution in [0.4, 0.5) is 0 Å². The van der Waals surface area contributed by atoms with Gasteiger partial charge in [-0.2, -0.15) is 0 Å². The maximum atomic E-state index is 10.4. The molecule has 1 N–H and O–H groups in total. The Morgan fingerprint density at radius 2 is 1.57 bits per heavy atom. The third-order valence-corrected chi connectivity index (χ3v) is 3.15. The van der Waals surface area contributed by atoms with Crippen LogP contribution in [0.2, 0.25) is 0 Å². The summed E-state index contributed by atoms with van der Waals surface area (Å²) < 4.78 is 5.78. The van der Waals surface area contributed by atoms with Gasteiger partial charge in [0.05, 0.1) is 0 Å². The van der Waals surface area contributed by atoms with E-state index >= 15 is 0 Å². The molecule has 0 aliphatic rings. The molecule has 0 saturated heterocycles. The molecule has 0 aliphatic heterocycles. The van der Waals surface area contributed by atoms with Gasteiger partial charge in [0.1, 0.15) is 17.6 Å². The summed E-state index contributed by atoms with van der Waals surface area (Å²) in [6.45, 7) is 0. The predicted molar refractivity (Wildman–Crippen MR) is 81.3 cm³/mol. The monoisotopic (exact) mass is 277 g/mol. The van der Waals surface area contributed by atoms with Crippen molar-refractivity contribution in [3.05, 3.63) is 90.3 Å². The molecule has 0 fully saturated rings. The van der Waals surface area contributed by atoms with Crippen molar-refractivity contribution >= 4 is 0 Å². The highest BCUT2D eigenvalue weighted by atomic mass is 16.5. The first-order valence-corrected chi connectivity index (χ1v) is 6.74. The van der Waals surface area contributed by atoms with Crippen molar-refractivity contribution in [3.8, 4) is 11.5 Å². The number of hydrogen-bond donors (Lipinski definition) is 1. The van der Waals surface area contributed by atoms with E-state index in [1.807, 2.05) is 66.7 Å². The van der Waals surface area contributed by atoms with Gasteiger partial charge in [-0.25, -0.2) is 0 Å². The van der Waals surface area contributed by atoms with Gasteiger partial charge in [-0.1, -0.05) is 36.4 Å². The lowest BCUT2D eigenvalue weighted by molar-refractivity contribution is 0.219. The highest BCUT2D eigenvalue weighted by Gasteiger charge is 2.11. The van der Waals surface area contributed by atoms with Gasteiger partial charge in [-0.15, -0.1) is 0 Å². The van der Waals surface area contributed by atoms with Crippen molar-refractivity contribution in [2.75, 3.05) is 0 Å². The summed E-state index contributed by atoms with van der Waals surface area (Å²) in [5, 5.41) is 10.4. The average molecular weight is 277 g/mol. The second-order valence-corrected chi connectivity index (χ2v) is 4.68. The van der Waals surface area contributed by atoms with Gasteiger partial charge in [0, 0.05) is 18.0 Å². The zero-order chi connectivity index (χ0) is 14.5. The zero-order valence-electron chi connectivity index (χ0n) is 11.4. The molecule has 3 aromatic rings. The molecule has 1 aromatic heterocycles. The Bertz CT molecular complexity index is 699. The van der Waals surface area contributed by atoms with E-state index in [0.29, 0.717) is 5.75 Å². The SMILES string of the molecule is OC(c1cccnc1)c1cccc(Oc2ccccc2)c1. The number of aliphatic hydroxyl groups excluding tert-OH is 1. The zero-order valence-corrected chi connectivity index (χ0v) is 11.4. The van der Waals surface area contributed by atoms with Gasteiger partial charge < -0.3 is 9.84 Å². The van der Waals surface area contributed by atoms with Gasteiger partial charge in [-0.3, -0.25) is 4.98 Å². The van der Waals surface area contributed by atoms with Crippen molar-refractivity contribution in [3.63, 3.8) is 0 Å². The standard InChI is InChI=1S/C18H15NO2/c20-18(15-7-5-11-19-13-15)14-6-4-10-17(12-14)21-16-8-2-1-3-9-16/h1-13,18,20H. The average Bonchev–Trinajstić information content (AvgIpc) is 2.56. The highest BCUT2D eigenvalue weighted by Crippen LogP contribution is 2.27. The van der Waals surface area contributed by atoms with Crippen molar-refractivity contribution in [1.29, 1.82) is 0 Å². The van der Waals surface area contributed by atoms with Crippen LogP contribution in [0, 0.1) is 0 Å². The van der Waals surface area contributed by atoms with Gasteiger partial charge in [-0.05, 0) is 35.9 Å². The van der Waals surface area contributed by atoms with Crippen LogP contribution < -0.4 is 4.74 Å². The summed E-state index contributed by atoms with van der Waals surface area (Å²) in [6.07, 6.45) is 2.64. The number of pyridine rings is 1. The molecular weight excluding hydrogens is 262 g/mol. The molecule has 0 aliphatic carbocycles. The van der Waals surface area contributed by atoms with E-state index in [0.717, 1.165) is 16.9 Å². The molecule has 104 valence electrons. The minimum absolute atomic E-state index is 0.696. The lowest BCUT2D eigenvalue weighted by Gasteiger charge is -2.12. The first-order chi connectivity index (χ1) is 10.3. The van der Waals surface area contributed by atoms with Crippen LogP contribution in [0.1, 0.15) is 17.2 Å². The first kappa shape index (κ1) is 13.3. The number of para-hydroxylation sites is 1. The second-order valence-electron chi connectivity index (χ2n) is 4.68. The predicted octanol–water partition coefficient (Wildman–Crippen LogP) is 3.96. The molecule has 3 heteroatoms. The summed E-state index contributed by atoms with van der Waals surface area (Å²) in [7, 11) is 0. The minimum atomic E-state index is -0.710. The molecule has 3 rings (SSSR count). The first-order valence-electron chi connectivity index (χ1n) is 6.74. The molecule has 0 saturated carbocycles. The van der Waals surface area contributed by atoms with E-state index in [1.165, 1.54) is 0 Å². The number of rotatable bonds is 4. The Hall–Kier alpha value is -2.65. The molecule has 0 spiro atoms. The van der Waals surface area contributed by atoms with Crippen LogP contribution in [0.15, 0.2) is 79.1 Å². The van der Waals surface area contributed by atoms with E-state index in [-0.39, 0.29) is 0 Å². The Labute approximate surface area is 123 Å². The van der Waals surface area contributed by atoms with E-state index in [1.54, 1.807) is 12.4 Å². The lowest BCUT2D eigenvalue weighted by atomic mass is 10.0. The van der Waals surface area contributed by atoms with Crippen LogP contribution in [0.3, 0.4) is 0 Å². The number of aliphatic hydroxyl groups is 1. The number of aromatic nitrogens is 1. The fourth-order valence-electron chi connectivity index (χ4n) is 2.10. The molecule has 1 atom stereocenters. The fraction of sp³-hybridized carbons (Fsp3) is 0.0556. The quantitative estimate of drug-likeness (QED) is 0.785. The number of nitrogens with zero attached hydrogens (tertiary/aromatic N) is 1. The van der Waals surface area contributed by atoms with Crippen LogP contribution in [0.25, 0.3) is 0 Å². The van der Waals surface area contributed by atoms with E-state index in [2.05, 4.69) is 4.98 Å². The maximum Gasteiger partial charge on any atom is 0.127 e. The Kier molecular flexibility index (Phi) is 3.94. The second kappa shape index (κ2) is 6.20. The van der Waals surface area contributed by atoms with E-state index in [4.69, 9.17) is 4.74 Å². The molecule has 21 heavy (non-hydrogen) atoms. The fourth-order valence-corrected chi connectivity index (χ4v) is 2.10. The van der Waals surface area contributed by atoms with Crippen LogP contribution >= 0.6 is 0 Å². The van der Waals surface area contributed by atoms with Crippen molar-refractivity contribution < 1.29 is 9.84 Å². The molecule has 1 unspecified atom stereocenters. The maximum absolute atomic E-state index is 10.4. The molecule has 0 amide bonds. The van der Waals surface area contributed by atoms with Gasteiger partial charge >= 0.3 is 0 Å². The topological polar surface area (TPSA) is 42.4 Å². The molecule has 0 radical (unpaired) electrons. The number of hydrogen-bond acceptors (Lipinski definition) is 3. The Morgan fingerprint density at radius 3 is 2.33 bits per heavy atom. The molecule has 3 nitrogen and oxygen atoms in total. The normalized spacial score (nSPS) is 11.9. The van der Waals surface area contributed by atoms with Crippen LogP contribution in [-0.4, -0.2) is 10.1 Å². The summed E-state index contributed by atoms with van der Waals surface area (Å²) in [6, 6.07) is 20.7. The van der Waals surface area contributed by atoms with Crippen LogP contribution in [0.5, 0.6) is 11.5 Å². The van der Waals surface area contributed by atoms with Gasteiger partial charge in [0.2, 0.25) is 0 Å². The smallest absolute Gasteiger partial charge is 0.127 e. The van der Waals surface area contributed by atoms with Gasteiger partial charge in [0.25, 0.3) is 0 Å². The Balaban J connectivity index is 1.83. The summed E-state index contributed by atoms with van der Waals surface area (Å²) >= 11 is 0. The lowest BCUT2D eigenvalue weighted by Crippen LogP contribution is -2.00. The van der Waals surface area contributed by atoms with E-state index in [9.17, 15) is 5.11 Å². The highest BCUT2D eigenvalue weighted by molar-refractivity contribution is 5.37. The molecular formula is C18H15NO2. The van der Waals surface area contributed by atoms with Crippen molar-refractivity contribution in [2.45, 2.75) is 6.10 Å². The summed E-state index contributed by atoms with van der Waals surface area (Å²) in [5.41, 5.74) is 1.53. The summed E-state index contributed by atoms with van der Waals surface area (Å²) in [5.74, 6) is 1.46. The molecule has 1 heterocycles. The minimum Gasteiger partial charge on any atom is -0.457 e. The molecule has 0 bridgehead atoms. The third kappa shape index (κ3) is 3.27. The summed E-state index contributed by atoms with van der Waals surface area (Å²) in [4.78, 5) is 4.03. The van der Waals surface area contributed by atoms with E-state index < -0.39 is 6.10 Å². The number of ether oxygens (including phenoxy) is 1.